The van der Waals surface area contributed by atoms with Crippen LogP contribution in [0.5, 0.6) is 0 Å². The lowest BCUT2D eigenvalue weighted by molar-refractivity contribution is 0.768. The maximum absolute atomic E-state index is 2.42. The van der Waals surface area contributed by atoms with Crippen LogP contribution in [0.25, 0.3) is 65.7 Å². The molecule has 0 fully saturated rings. The highest BCUT2D eigenvalue weighted by atomic mass is 15.1. The van der Waals surface area contributed by atoms with E-state index in [9.17, 15) is 0 Å². The van der Waals surface area contributed by atoms with Crippen molar-refractivity contribution in [1.82, 2.24) is 0 Å². The highest BCUT2D eigenvalue weighted by Crippen LogP contribution is 2.56. The molecular weight excluding hydrogens is 771 g/mol. The monoisotopic (exact) mass is 815 g/mol. The van der Waals surface area contributed by atoms with Gasteiger partial charge in [-0.2, -0.15) is 0 Å². The second kappa shape index (κ2) is 15.1. The molecule has 12 rings (SSSR count). The van der Waals surface area contributed by atoms with E-state index < -0.39 is 5.41 Å². The molecular formula is C63H45N. The number of benzene rings is 11. The molecule has 0 heterocycles. The zero-order valence-corrected chi connectivity index (χ0v) is 36.0. The molecule has 0 radical (unpaired) electrons. The van der Waals surface area contributed by atoms with Gasteiger partial charge in [-0.1, -0.05) is 206 Å². The second-order valence-electron chi connectivity index (χ2n) is 17.3. The summed E-state index contributed by atoms with van der Waals surface area (Å²) in [4.78, 5) is 2.42. The molecule has 11 aromatic rings. The first-order valence-corrected chi connectivity index (χ1v) is 22.3. The normalized spacial score (nSPS) is 12.7. The molecule has 0 aromatic heterocycles. The van der Waals surface area contributed by atoms with E-state index in [4.69, 9.17) is 0 Å². The molecule has 1 heteroatoms. The highest BCUT2D eigenvalue weighted by molar-refractivity contribution is 6.24. The van der Waals surface area contributed by atoms with E-state index in [1.54, 1.807) is 0 Å². The zero-order valence-electron chi connectivity index (χ0n) is 36.0. The van der Waals surface area contributed by atoms with Gasteiger partial charge in [0.25, 0.3) is 0 Å². The molecule has 0 unspecified atom stereocenters. The molecule has 11 aromatic carbocycles. The highest BCUT2D eigenvalue weighted by Gasteiger charge is 2.45. The van der Waals surface area contributed by atoms with Gasteiger partial charge in [0.15, 0.2) is 0 Å². The minimum absolute atomic E-state index is 0.442. The van der Waals surface area contributed by atoms with Crippen LogP contribution >= 0.6 is 0 Å². The van der Waals surface area contributed by atoms with Crippen molar-refractivity contribution in [3.63, 3.8) is 0 Å². The first-order valence-electron chi connectivity index (χ1n) is 22.3. The van der Waals surface area contributed by atoms with Crippen LogP contribution in [0.4, 0.5) is 17.1 Å². The molecule has 64 heavy (non-hydrogen) atoms. The summed E-state index contributed by atoms with van der Waals surface area (Å²) in [6.45, 7) is 4.34. The average Bonchev–Trinajstić information content (AvgIpc) is 3.65. The summed E-state index contributed by atoms with van der Waals surface area (Å²) in [5.41, 5.74) is 18.2. The van der Waals surface area contributed by atoms with Gasteiger partial charge < -0.3 is 4.90 Å². The molecule has 1 nitrogen and oxygen atoms in total. The first kappa shape index (κ1) is 37.7. The Morgan fingerprint density at radius 2 is 0.766 bits per heavy atom. The lowest BCUT2D eigenvalue weighted by Crippen LogP contribution is -2.28. The Hall–Kier alpha value is -8.00. The van der Waals surface area contributed by atoms with Crippen LogP contribution < -0.4 is 4.90 Å². The van der Waals surface area contributed by atoms with Crippen LogP contribution in [0.15, 0.2) is 237 Å². The minimum Gasteiger partial charge on any atom is -0.310 e. The van der Waals surface area contributed by atoms with E-state index in [0.29, 0.717) is 0 Å². The summed E-state index contributed by atoms with van der Waals surface area (Å²) < 4.78 is 0. The Labute approximate surface area is 375 Å². The number of nitrogens with zero attached hydrogens (tertiary/aromatic N) is 1. The quantitative estimate of drug-likeness (QED) is 0.145. The molecule has 0 aliphatic heterocycles. The van der Waals surface area contributed by atoms with Gasteiger partial charge in [-0.25, -0.2) is 0 Å². The standard InChI is InChI=1S/C63H45N/c1-42-18-16-22-47(40-42)64(48-23-17-19-43(2)41-48)60-39-38-57(49-24-6-7-27-52(49)60)62-55-30-10-8-28-53(55)61(54-29-9-11-31-56(54)62)44-34-36-46(37-35-44)63(45-20-4-3-5-21-45)58-32-14-12-25-50(58)51-26-13-15-33-59(51)63/h3-41H,1-2H3. The predicted octanol–water partition coefficient (Wildman–Crippen LogP) is 16.9. The molecule has 0 spiro atoms. The van der Waals surface area contributed by atoms with Crippen molar-refractivity contribution in [2.24, 2.45) is 0 Å². The summed E-state index contributed by atoms with van der Waals surface area (Å²) in [6.07, 6.45) is 0. The summed E-state index contributed by atoms with van der Waals surface area (Å²) >= 11 is 0. The number of anilines is 3. The van der Waals surface area contributed by atoms with E-state index in [-0.39, 0.29) is 0 Å². The van der Waals surface area contributed by atoms with Crippen molar-refractivity contribution >= 4 is 49.4 Å². The number of hydrogen-bond donors (Lipinski definition) is 0. The number of hydrogen-bond acceptors (Lipinski definition) is 1. The van der Waals surface area contributed by atoms with Crippen molar-refractivity contribution in [2.45, 2.75) is 19.3 Å². The van der Waals surface area contributed by atoms with Crippen molar-refractivity contribution in [1.29, 1.82) is 0 Å². The van der Waals surface area contributed by atoms with Crippen LogP contribution in [0.3, 0.4) is 0 Å². The van der Waals surface area contributed by atoms with Crippen LogP contribution in [0.1, 0.15) is 33.4 Å². The van der Waals surface area contributed by atoms with Gasteiger partial charge in [0.05, 0.1) is 11.1 Å². The fourth-order valence-electron chi connectivity index (χ4n) is 11.0. The molecule has 0 saturated heterocycles. The average molecular weight is 816 g/mol. The van der Waals surface area contributed by atoms with Gasteiger partial charge in [0, 0.05) is 16.8 Å². The minimum atomic E-state index is -0.442. The fourth-order valence-corrected chi connectivity index (χ4v) is 11.0. The Bertz CT molecular complexity index is 3430. The summed E-state index contributed by atoms with van der Waals surface area (Å²) in [5, 5.41) is 7.40. The molecule has 302 valence electrons. The lowest BCUT2D eigenvalue weighted by atomic mass is 9.67. The Morgan fingerprint density at radius 3 is 1.31 bits per heavy atom. The van der Waals surface area contributed by atoms with Crippen molar-refractivity contribution in [2.75, 3.05) is 4.90 Å². The number of fused-ring (bicyclic) bond motifs is 6. The Balaban J connectivity index is 1.06. The van der Waals surface area contributed by atoms with Gasteiger partial charge in [-0.15, -0.1) is 0 Å². The van der Waals surface area contributed by atoms with Gasteiger partial charge in [-0.3, -0.25) is 0 Å². The maximum atomic E-state index is 2.42. The van der Waals surface area contributed by atoms with Gasteiger partial charge >= 0.3 is 0 Å². The number of rotatable bonds is 7. The molecule has 0 bridgehead atoms. The maximum Gasteiger partial charge on any atom is 0.0713 e. The van der Waals surface area contributed by atoms with Crippen LogP contribution in [-0.4, -0.2) is 0 Å². The van der Waals surface area contributed by atoms with Crippen LogP contribution in [0, 0.1) is 13.8 Å². The topological polar surface area (TPSA) is 3.24 Å². The molecule has 0 atom stereocenters. The fraction of sp³-hybridized carbons (Fsp3) is 0.0476. The number of aryl methyl sites for hydroxylation is 2. The third kappa shape index (κ3) is 5.78. The van der Waals surface area contributed by atoms with Crippen molar-refractivity contribution < 1.29 is 0 Å². The first-order chi connectivity index (χ1) is 31.6. The van der Waals surface area contributed by atoms with E-state index in [1.165, 1.54) is 99.1 Å². The zero-order chi connectivity index (χ0) is 42.8. The molecule has 0 amide bonds. The lowest BCUT2D eigenvalue weighted by Gasteiger charge is -2.34. The Kier molecular flexibility index (Phi) is 8.91. The van der Waals surface area contributed by atoms with Crippen LogP contribution in [0.2, 0.25) is 0 Å². The van der Waals surface area contributed by atoms with E-state index >= 15 is 0 Å². The molecule has 1 aliphatic carbocycles. The second-order valence-corrected chi connectivity index (χ2v) is 17.3. The van der Waals surface area contributed by atoms with Gasteiger partial charge in [0.2, 0.25) is 0 Å². The molecule has 0 saturated carbocycles. The third-order valence-corrected chi connectivity index (χ3v) is 13.6. The van der Waals surface area contributed by atoms with Crippen molar-refractivity contribution in [3.8, 4) is 33.4 Å². The van der Waals surface area contributed by atoms with E-state index in [0.717, 1.165) is 17.1 Å². The van der Waals surface area contributed by atoms with Crippen molar-refractivity contribution in [3.05, 3.63) is 270 Å². The summed E-state index contributed by atoms with van der Waals surface area (Å²) in [7, 11) is 0. The van der Waals surface area contributed by atoms with Gasteiger partial charge in [-0.05, 0) is 138 Å². The third-order valence-electron chi connectivity index (χ3n) is 13.6. The summed E-state index contributed by atoms with van der Waals surface area (Å²) in [5.74, 6) is 0. The molecule has 0 N–H and O–H groups in total. The smallest absolute Gasteiger partial charge is 0.0713 e. The Morgan fingerprint density at radius 1 is 0.312 bits per heavy atom. The molecule has 1 aliphatic rings. The van der Waals surface area contributed by atoms with E-state index in [1.807, 2.05) is 0 Å². The predicted molar refractivity (Wildman–Crippen MR) is 271 cm³/mol. The van der Waals surface area contributed by atoms with Gasteiger partial charge in [0.1, 0.15) is 0 Å². The largest absolute Gasteiger partial charge is 0.310 e. The summed E-state index contributed by atoms with van der Waals surface area (Å²) in [6, 6.07) is 87.9. The van der Waals surface area contributed by atoms with Crippen LogP contribution in [-0.2, 0) is 5.41 Å². The SMILES string of the molecule is Cc1cccc(N(c2cccc(C)c2)c2ccc(-c3c4ccccc4c(-c4ccc(C5(c6ccccc6)c6ccccc6-c6ccccc65)cc4)c4ccccc34)c3ccccc23)c1. The van der Waals surface area contributed by atoms with E-state index in [2.05, 4.69) is 255 Å².